The van der Waals surface area contributed by atoms with Crippen molar-refractivity contribution in [3.05, 3.63) is 0 Å². The Morgan fingerprint density at radius 2 is 1.83 bits per heavy atom. The zero-order chi connectivity index (χ0) is 13.8. The van der Waals surface area contributed by atoms with E-state index in [1.807, 2.05) is 20.8 Å². The molecule has 18 heavy (non-hydrogen) atoms. The predicted octanol–water partition coefficient (Wildman–Crippen LogP) is 1.49. The lowest BCUT2D eigenvalue weighted by atomic mass is 9.90. The fraction of sp³-hybridized carbons (Fsp3) is 0.929. The van der Waals surface area contributed by atoms with Gasteiger partial charge in [0.05, 0.1) is 6.54 Å². The molecule has 1 aliphatic carbocycles. The van der Waals surface area contributed by atoms with Crippen LogP contribution in [0.15, 0.2) is 0 Å². The van der Waals surface area contributed by atoms with Crippen LogP contribution in [0.25, 0.3) is 0 Å². The Balaban J connectivity index is 2.44. The van der Waals surface area contributed by atoms with Crippen molar-refractivity contribution < 1.29 is 4.79 Å². The molecule has 0 aromatic carbocycles. The Hall–Kier alpha value is -0.610. The standard InChI is InChI=1S/C14H29N3O/c1-5-17(10-13(18)16-14(2,3)4)12-8-6-11(15)7-9-12/h11-12H,5-10,15H2,1-4H3,(H,16,18). The molecule has 0 spiro atoms. The molecule has 0 atom stereocenters. The molecule has 0 unspecified atom stereocenters. The third-order valence-electron chi connectivity index (χ3n) is 3.53. The monoisotopic (exact) mass is 255 g/mol. The molecule has 106 valence electrons. The van der Waals surface area contributed by atoms with Crippen molar-refractivity contribution in [1.82, 2.24) is 10.2 Å². The van der Waals surface area contributed by atoms with Crippen LogP contribution in [0.4, 0.5) is 0 Å². The van der Waals surface area contributed by atoms with Gasteiger partial charge in [0, 0.05) is 17.6 Å². The van der Waals surface area contributed by atoms with Crippen LogP contribution in [0.2, 0.25) is 0 Å². The molecule has 0 heterocycles. The highest BCUT2D eigenvalue weighted by Gasteiger charge is 2.25. The zero-order valence-corrected chi connectivity index (χ0v) is 12.3. The van der Waals surface area contributed by atoms with E-state index in [0.717, 1.165) is 32.2 Å². The number of amides is 1. The highest BCUT2D eigenvalue weighted by molar-refractivity contribution is 5.78. The Morgan fingerprint density at radius 1 is 1.28 bits per heavy atom. The van der Waals surface area contributed by atoms with Crippen LogP contribution in [0.1, 0.15) is 53.4 Å². The molecule has 0 bridgehead atoms. The van der Waals surface area contributed by atoms with E-state index in [1.54, 1.807) is 0 Å². The van der Waals surface area contributed by atoms with E-state index in [9.17, 15) is 4.79 Å². The summed E-state index contributed by atoms with van der Waals surface area (Å²) in [6.07, 6.45) is 4.42. The maximum Gasteiger partial charge on any atom is 0.234 e. The molecule has 1 aliphatic rings. The smallest absolute Gasteiger partial charge is 0.234 e. The first-order valence-electron chi connectivity index (χ1n) is 7.12. The summed E-state index contributed by atoms with van der Waals surface area (Å²) in [7, 11) is 0. The summed E-state index contributed by atoms with van der Waals surface area (Å²) in [6.45, 7) is 9.60. The van der Waals surface area contributed by atoms with E-state index in [-0.39, 0.29) is 11.4 Å². The molecule has 0 saturated heterocycles. The molecule has 1 fully saturated rings. The van der Waals surface area contributed by atoms with Crippen molar-refractivity contribution in [3.8, 4) is 0 Å². The van der Waals surface area contributed by atoms with Gasteiger partial charge in [-0.15, -0.1) is 0 Å². The molecule has 1 amide bonds. The molecular weight excluding hydrogens is 226 g/mol. The number of nitrogens with two attached hydrogens (primary N) is 1. The summed E-state index contributed by atoms with van der Waals surface area (Å²) in [5, 5.41) is 3.03. The van der Waals surface area contributed by atoms with Crippen LogP contribution < -0.4 is 11.1 Å². The largest absolute Gasteiger partial charge is 0.350 e. The first kappa shape index (κ1) is 15.4. The lowest BCUT2D eigenvalue weighted by Gasteiger charge is -2.35. The van der Waals surface area contributed by atoms with Crippen molar-refractivity contribution in [3.63, 3.8) is 0 Å². The molecule has 0 aromatic heterocycles. The van der Waals surface area contributed by atoms with Gasteiger partial charge >= 0.3 is 0 Å². The van der Waals surface area contributed by atoms with Crippen LogP contribution >= 0.6 is 0 Å². The third kappa shape index (κ3) is 5.36. The quantitative estimate of drug-likeness (QED) is 0.800. The van der Waals surface area contributed by atoms with E-state index in [1.165, 1.54) is 0 Å². The number of hydrogen-bond acceptors (Lipinski definition) is 3. The number of likely N-dealkylation sites (N-methyl/N-ethyl adjacent to an activating group) is 1. The second-order valence-corrected chi connectivity index (χ2v) is 6.43. The molecule has 0 radical (unpaired) electrons. The lowest BCUT2D eigenvalue weighted by Crippen LogP contribution is -2.49. The predicted molar refractivity (Wildman–Crippen MR) is 75.4 cm³/mol. The molecule has 1 rings (SSSR count). The SMILES string of the molecule is CCN(CC(=O)NC(C)(C)C)C1CCC(N)CC1. The lowest BCUT2D eigenvalue weighted by molar-refractivity contribution is -0.124. The molecule has 1 saturated carbocycles. The number of hydrogen-bond donors (Lipinski definition) is 2. The maximum atomic E-state index is 12.0. The molecule has 0 aromatic rings. The summed E-state index contributed by atoms with van der Waals surface area (Å²) in [6, 6.07) is 0.892. The normalized spacial score (nSPS) is 25.2. The average molecular weight is 255 g/mol. The Bertz CT molecular complexity index is 265. The minimum Gasteiger partial charge on any atom is -0.350 e. The Labute approximate surface area is 111 Å². The van der Waals surface area contributed by atoms with E-state index in [2.05, 4.69) is 17.1 Å². The highest BCUT2D eigenvalue weighted by Crippen LogP contribution is 2.21. The zero-order valence-electron chi connectivity index (χ0n) is 12.3. The van der Waals surface area contributed by atoms with Gasteiger partial charge in [-0.3, -0.25) is 9.69 Å². The maximum absolute atomic E-state index is 12.0. The van der Waals surface area contributed by atoms with Gasteiger partial charge in [0.15, 0.2) is 0 Å². The van der Waals surface area contributed by atoms with E-state index >= 15 is 0 Å². The average Bonchev–Trinajstić information content (AvgIpc) is 2.25. The Morgan fingerprint density at radius 3 is 2.28 bits per heavy atom. The number of rotatable bonds is 4. The van der Waals surface area contributed by atoms with Crippen LogP contribution in [0.5, 0.6) is 0 Å². The van der Waals surface area contributed by atoms with Gasteiger partial charge in [-0.25, -0.2) is 0 Å². The van der Waals surface area contributed by atoms with Gasteiger partial charge < -0.3 is 11.1 Å². The number of carbonyl (C=O) groups excluding carboxylic acids is 1. The van der Waals surface area contributed by atoms with Crippen molar-refractivity contribution in [2.45, 2.75) is 71.0 Å². The van der Waals surface area contributed by atoms with Crippen LogP contribution in [0.3, 0.4) is 0 Å². The number of nitrogens with one attached hydrogen (secondary N) is 1. The minimum atomic E-state index is -0.147. The molecule has 4 nitrogen and oxygen atoms in total. The summed E-state index contributed by atoms with van der Waals surface area (Å²) >= 11 is 0. The first-order valence-corrected chi connectivity index (χ1v) is 7.12. The third-order valence-corrected chi connectivity index (χ3v) is 3.53. The van der Waals surface area contributed by atoms with Gasteiger partial charge in [0.25, 0.3) is 0 Å². The number of carbonyl (C=O) groups is 1. The second-order valence-electron chi connectivity index (χ2n) is 6.43. The summed E-state index contributed by atoms with van der Waals surface area (Å²) in [5.41, 5.74) is 5.78. The van der Waals surface area contributed by atoms with Crippen molar-refractivity contribution in [2.75, 3.05) is 13.1 Å². The van der Waals surface area contributed by atoms with Crippen molar-refractivity contribution >= 4 is 5.91 Å². The van der Waals surface area contributed by atoms with Crippen LogP contribution in [-0.4, -0.2) is 41.5 Å². The van der Waals surface area contributed by atoms with Gasteiger partial charge in [0.2, 0.25) is 5.91 Å². The fourth-order valence-electron chi connectivity index (χ4n) is 2.61. The van der Waals surface area contributed by atoms with E-state index in [4.69, 9.17) is 5.73 Å². The second kappa shape index (κ2) is 6.53. The summed E-state index contributed by atoms with van der Waals surface area (Å²) in [5.74, 6) is 0.124. The van der Waals surface area contributed by atoms with E-state index in [0.29, 0.717) is 18.6 Å². The van der Waals surface area contributed by atoms with Crippen molar-refractivity contribution in [2.24, 2.45) is 5.73 Å². The molecule has 0 aliphatic heterocycles. The van der Waals surface area contributed by atoms with Crippen LogP contribution in [0, 0.1) is 0 Å². The van der Waals surface area contributed by atoms with Gasteiger partial charge in [-0.05, 0) is 53.0 Å². The van der Waals surface area contributed by atoms with Crippen molar-refractivity contribution in [1.29, 1.82) is 0 Å². The Kier molecular flexibility index (Phi) is 5.60. The summed E-state index contributed by atoms with van der Waals surface area (Å²) in [4.78, 5) is 14.2. The highest BCUT2D eigenvalue weighted by atomic mass is 16.2. The molecular formula is C14H29N3O. The first-order chi connectivity index (χ1) is 8.31. The van der Waals surface area contributed by atoms with Crippen LogP contribution in [-0.2, 0) is 4.79 Å². The topological polar surface area (TPSA) is 58.4 Å². The summed E-state index contributed by atoms with van der Waals surface area (Å²) < 4.78 is 0. The number of nitrogens with zero attached hydrogens (tertiary/aromatic N) is 1. The molecule has 4 heteroatoms. The minimum absolute atomic E-state index is 0.124. The van der Waals surface area contributed by atoms with Gasteiger partial charge in [-0.2, -0.15) is 0 Å². The van der Waals surface area contributed by atoms with Gasteiger partial charge in [0.1, 0.15) is 0 Å². The molecule has 3 N–H and O–H groups in total. The fourth-order valence-corrected chi connectivity index (χ4v) is 2.61. The van der Waals surface area contributed by atoms with Gasteiger partial charge in [-0.1, -0.05) is 6.92 Å². The van der Waals surface area contributed by atoms with E-state index < -0.39 is 0 Å².